The molecule has 3 aliphatic heterocycles. The van der Waals surface area contributed by atoms with E-state index in [0.717, 1.165) is 38.2 Å². The van der Waals surface area contributed by atoms with Gasteiger partial charge in [-0.05, 0) is 31.4 Å². The molecule has 3 amide bonds. The van der Waals surface area contributed by atoms with E-state index < -0.39 is 0 Å². The highest BCUT2D eigenvalue weighted by molar-refractivity contribution is 5.80. The molecule has 2 unspecified atom stereocenters. The van der Waals surface area contributed by atoms with Crippen LogP contribution in [0.15, 0.2) is 18.3 Å². The summed E-state index contributed by atoms with van der Waals surface area (Å²) in [6, 6.07) is 6.07. The van der Waals surface area contributed by atoms with Gasteiger partial charge < -0.3 is 20.0 Å². The third-order valence-electron chi connectivity index (χ3n) is 6.34. The van der Waals surface area contributed by atoms with Crippen molar-refractivity contribution >= 4 is 17.8 Å². The summed E-state index contributed by atoms with van der Waals surface area (Å²) in [5.41, 5.74) is 0.613. The van der Waals surface area contributed by atoms with E-state index in [-0.39, 0.29) is 36.0 Å². The average Bonchev–Trinajstić information content (AvgIpc) is 3.08. The van der Waals surface area contributed by atoms with Gasteiger partial charge in [0.25, 0.3) is 0 Å². The van der Waals surface area contributed by atoms with Crippen LogP contribution in [0.5, 0.6) is 0 Å². The number of nitriles is 1. The molecular weight excluding hydrogens is 368 g/mol. The van der Waals surface area contributed by atoms with Crippen LogP contribution in [-0.4, -0.2) is 71.0 Å². The zero-order valence-electron chi connectivity index (χ0n) is 17.0. The van der Waals surface area contributed by atoms with Gasteiger partial charge in [0, 0.05) is 44.3 Å². The van der Waals surface area contributed by atoms with Gasteiger partial charge >= 0.3 is 6.03 Å². The summed E-state index contributed by atoms with van der Waals surface area (Å²) in [5.74, 6) is 0.973. The van der Waals surface area contributed by atoms with Gasteiger partial charge in [0.15, 0.2) is 0 Å². The van der Waals surface area contributed by atoms with Gasteiger partial charge in [0.1, 0.15) is 5.82 Å². The highest BCUT2D eigenvalue weighted by Gasteiger charge is 2.46. The number of likely N-dealkylation sites (tertiary alicyclic amines) is 1. The van der Waals surface area contributed by atoms with Crippen LogP contribution in [0.1, 0.15) is 38.7 Å². The second kappa shape index (κ2) is 7.90. The van der Waals surface area contributed by atoms with Gasteiger partial charge in [-0.15, -0.1) is 0 Å². The molecule has 0 aliphatic carbocycles. The van der Waals surface area contributed by atoms with E-state index in [4.69, 9.17) is 5.26 Å². The Morgan fingerprint density at radius 3 is 2.72 bits per heavy atom. The normalized spacial score (nSPS) is 25.0. The number of hydrogen-bond acceptors (Lipinski definition) is 5. The maximum atomic E-state index is 12.7. The molecule has 29 heavy (non-hydrogen) atoms. The number of carbonyl (C=O) groups excluding carboxylic acids is 2. The Labute approximate surface area is 171 Å². The molecule has 3 aliphatic rings. The molecule has 0 aromatic carbocycles. The summed E-state index contributed by atoms with van der Waals surface area (Å²) in [7, 11) is 0. The molecule has 2 atom stereocenters. The summed E-state index contributed by atoms with van der Waals surface area (Å²) >= 11 is 0. The smallest absolute Gasteiger partial charge is 0.318 e. The number of hydrogen-bond donors (Lipinski definition) is 1. The Balaban J connectivity index is 1.38. The third kappa shape index (κ3) is 3.74. The van der Waals surface area contributed by atoms with E-state index in [1.54, 1.807) is 12.3 Å². The first-order chi connectivity index (χ1) is 14.0. The van der Waals surface area contributed by atoms with Crippen LogP contribution in [0.25, 0.3) is 0 Å². The lowest BCUT2D eigenvalue weighted by Gasteiger charge is -2.42. The topological polar surface area (TPSA) is 92.6 Å². The van der Waals surface area contributed by atoms with Crippen LogP contribution in [-0.2, 0) is 4.79 Å². The Kier molecular flexibility index (Phi) is 5.31. The lowest BCUT2D eigenvalue weighted by atomic mass is 9.95. The Morgan fingerprint density at radius 1 is 1.28 bits per heavy atom. The summed E-state index contributed by atoms with van der Waals surface area (Å²) < 4.78 is 0. The van der Waals surface area contributed by atoms with Gasteiger partial charge in [-0.1, -0.05) is 13.8 Å². The minimum Gasteiger partial charge on any atom is -0.356 e. The molecule has 4 rings (SSSR count). The maximum absolute atomic E-state index is 12.7. The van der Waals surface area contributed by atoms with Crippen LogP contribution in [0, 0.1) is 17.2 Å². The van der Waals surface area contributed by atoms with E-state index >= 15 is 0 Å². The van der Waals surface area contributed by atoms with Crippen molar-refractivity contribution in [1.29, 1.82) is 5.26 Å². The minimum atomic E-state index is -0.0165. The molecule has 3 fully saturated rings. The van der Waals surface area contributed by atoms with Crippen molar-refractivity contribution in [2.75, 3.05) is 31.1 Å². The quantitative estimate of drug-likeness (QED) is 0.837. The lowest BCUT2D eigenvalue weighted by molar-refractivity contribution is -0.136. The number of nitrogens with zero attached hydrogens (tertiary/aromatic N) is 5. The second-order valence-electron chi connectivity index (χ2n) is 8.49. The minimum absolute atomic E-state index is 0.00176. The SMILES string of the molecule is CC(C)C(=O)N1CCC2C(C1)NC(=O)N2C1CCN(c2cc(C#N)ccn2)CC1. The molecule has 0 radical (unpaired) electrons. The zero-order valence-corrected chi connectivity index (χ0v) is 17.0. The van der Waals surface area contributed by atoms with Gasteiger partial charge in [0.2, 0.25) is 5.91 Å². The molecule has 0 bridgehead atoms. The predicted molar refractivity (Wildman–Crippen MR) is 108 cm³/mol. The summed E-state index contributed by atoms with van der Waals surface area (Å²) in [4.78, 5) is 35.6. The Bertz CT molecular complexity index is 827. The fraction of sp³-hybridized carbons (Fsp3) is 0.619. The van der Waals surface area contributed by atoms with Gasteiger partial charge in [-0.2, -0.15) is 5.26 Å². The molecule has 1 aromatic heterocycles. The number of amides is 3. The first-order valence-corrected chi connectivity index (χ1v) is 10.5. The maximum Gasteiger partial charge on any atom is 0.318 e. The van der Waals surface area contributed by atoms with Crippen molar-refractivity contribution in [3.05, 3.63) is 23.9 Å². The number of urea groups is 1. The summed E-state index contributed by atoms with van der Waals surface area (Å²) in [6.07, 6.45) is 4.26. The number of aromatic nitrogens is 1. The molecule has 8 nitrogen and oxygen atoms in total. The van der Waals surface area contributed by atoms with Gasteiger partial charge in [-0.3, -0.25) is 4.79 Å². The Morgan fingerprint density at radius 2 is 2.03 bits per heavy atom. The van der Waals surface area contributed by atoms with Crippen molar-refractivity contribution in [1.82, 2.24) is 20.1 Å². The number of rotatable bonds is 3. The van der Waals surface area contributed by atoms with E-state index in [9.17, 15) is 9.59 Å². The van der Waals surface area contributed by atoms with Crippen LogP contribution >= 0.6 is 0 Å². The van der Waals surface area contributed by atoms with Crippen LogP contribution in [0.3, 0.4) is 0 Å². The van der Waals surface area contributed by atoms with E-state index in [1.807, 2.05) is 29.7 Å². The fourth-order valence-electron chi connectivity index (χ4n) is 4.83. The summed E-state index contributed by atoms with van der Waals surface area (Å²) in [6.45, 7) is 6.78. The molecule has 0 saturated carbocycles. The van der Waals surface area contributed by atoms with Crippen molar-refractivity contribution in [2.45, 2.75) is 51.2 Å². The van der Waals surface area contributed by atoms with Crippen molar-refractivity contribution in [3.63, 3.8) is 0 Å². The molecule has 1 aromatic rings. The predicted octanol–water partition coefficient (Wildman–Crippen LogP) is 1.57. The number of fused-ring (bicyclic) bond motifs is 1. The van der Waals surface area contributed by atoms with Gasteiger partial charge in [-0.25, -0.2) is 9.78 Å². The van der Waals surface area contributed by atoms with Crippen molar-refractivity contribution in [2.24, 2.45) is 5.92 Å². The number of carbonyl (C=O) groups is 2. The lowest BCUT2D eigenvalue weighted by Crippen LogP contribution is -2.56. The van der Waals surface area contributed by atoms with Crippen LogP contribution < -0.4 is 10.2 Å². The summed E-state index contributed by atoms with van der Waals surface area (Å²) in [5, 5.41) is 12.2. The van der Waals surface area contributed by atoms with Crippen LogP contribution in [0.2, 0.25) is 0 Å². The molecule has 0 spiro atoms. The third-order valence-corrected chi connectivity index (χ3v) is 6.34. The fourth-order valence-corrected chi connectivity index (χ4v) is 4.83. The highest BCUT2D eigenvalue weighted by Crippen LogP contribution is 2.30. The molecular formula is C21H28N6O2. The first-order valence-electron chi connectivity index (χ1n) is 10.5. The number of nitrogens with one attached hydrogen (secondary N) is 1. The number of pyridine rings is 1. The average molecular weight is 396 g/mol. The van der Waals surface area contributed by atoms with E-state index in [1.165, 1.54) is 0 Å². The van der Waals surface area contributed by atoms with E-state index in [2.05, 4.69) is 21.3 Å². The van der Waals surface area contributed by atoms with Gasteiger partial charge in [0.05, 0.1) is 23.7 Å². The van der Waals surface area contributed by atoms with Crippen molar-refractivity contribution < 1.29 is 9.59 Å². The monoisotopic (exact) mass is 396 g/mol. The molecule has 3 saturated heterocycles. The zero-order chi connectivity index (χ0) is 20.5. The van der Waals surface area contributed by atoms with E-state index in [0.29, 0.717) is 18.7 Å². The first kappa shape index (κ1) is 19.5. The van der Waals surface area contributed by atoms with Crippen molar-refractivity contribution in [3.8, 4) is 6.07 Å². The number of anilines is 1. The largest absolute Gasteiger partial charge is 0.356 e. The standard InChI is InChI=1S/C21H28N6O2/c1-14(2)20(28)26-10-6-18-17(13-26)24-21(29)27(18)16-4-8-25(9-5-16)19-11-15(12-22)3-7-23-19/h3,7,11,14,16-18H,4-6,8-10,13H2,1-2H3,(H,24,29). The molecule has 8 heteroatoms. The molecule has 4 heterocycles. The molecule has 1 N–H and O–H groups in total. The number of piperidine rings is 2. The highest BCUT2D eigenvalue weighted by atomic mass is 16.2. The molecule has 154 valence electrons. The van der Waals surface area contributed by atoms with Crippen LogP contribution in [0.4, 0.5) is 10.6 Å². The second-order valence-corrected chi connectivity index (χ2v) is 8.49. The Hall–Kier alpha value is -2.82.